The van der Waals surface area contributed by atoms with Crippen molar-refractivity contribution in [3.63, 3.8) is 0 Å². The lowest BCUT2D eigenvalue weighted by Gasteiger charge is -2.26. The average molecular weight is 333 g/mol. The van der Waals surface area contributed by atoms with Gasteiger partial charge in [-0.2, -0.15) is 0 Å². The molecule has 5 nitrogen and oxygen atoms in total. The van der Waals surface area contributed by atoms with Gasteiger partial charge in [-0.3, -0.25) is 0 Å². The SMILES string of the molecule is O=C(O)/C=C\C(=O)O.c1ccc(CCCCN2CCCCC2)cc1. The fraction of sp³-hybridized carbons (Fsp3) is 0.474. The second-order valence-electron chi connectivity index (χ2n) is 5.85. The third-order valence-corrected chi connectivity index (χ3v) is 3.85. The predicted octanol–water partition coefficient (Wildman–Crippen LogP) is 3.21. The van der Waals surface area contributed by atoms with E-state index in [1.807, 2.05) is 0 Å². The summed E-state index contributed by atoms with van der Waals surface area (Å²) in [7, 11) is 0. The van der Waals surface area contributed by atoms with Gasteiger partial charge in [-0.05, 0) is 57.3 Å². The van der Waals surface area contributed by atoms with Gasteiger partial charge in [-0.15, -0.1) is 0 Å². The fourth-order valence-corrected chi connectivity index (χ4v) is 2.63. The van der Waals surface area contributed by atoms with Crippen molar-refractivity contribution in [1.29, 1.82) is 0 Å². The largest absolute Gasteiger partial charge is 0.478 e. The van der Waals surface area contributed by atoms with Gasteiger partial charge in [-0.25, -0.2) is 9.59 Å². The highest BCUT2D eigenvalue weighted by molar-refractivity contribution is 5.89. The van der Waals surface area contributed by atoms with Gasteiger partial charge in [-0.1, -0.05) is 36.8 Å². The lowest BCUT2D eigenvalue weighted by molar-refractivity contribution is -0.134. The van der Waals surface area contributed by atoms with Gasteiger partial charge in [0.25, 0.3) is 0 Å². The fourth-order valence-electron chi connectivity index (χ4n) is 2.63. The zero-order chi connectivity index (χ0) is 17.6. The Morgan fingerprint density at radius 1 is 0.917 bits per heavy atom. The van der Waals surface area contributed by atoms with E-state index in [0.717, 1.165) is 0 Å². The molecule has 0 aromatic heterocycles. The van der Waals surface area contributed by atoms with Crippen LogP contribution in [0.15, 0.2) is 42.5 Å². The molecular weight excluding hydrogens is 306 g/mol. The standard InChI is InChI=1S/C15H23N.C4H4O4/c1-3-9-15(10-4-1)11-5-8-14-16-12-6-2-7-13-16;5-3(6)1-2-4(7)8/h1,3-4,9-10H,2,5-8,11-14H2;1-2H,(H,5,6)(H,7,8)/b;2-1-. The van der Waals surface area contributed by atoms with E-state index in [-0.39, 0.29) is 0 Å². The maximum absolute atomic E-state index is 9.55. The second-order valence-corrected chi connectivity index (χ2v) is 5.85. The number of benzene rings is 1. The third-order valence-electron chi connectivity index (χ3n) is 3.85. The molecule has 0 amide bonds. The van der Waals surface area contributed by atoms with Crippen LogP contribution in [-0.2, 0) is 16.0 Å². The van der Waals surface area contributed by atoms with E-state index in [1.54, 1.807) is 0 Å². The number of aryl methyl sites for hydroxylation is 1. The Morgan fingerprint density at radius 3 is 2.04 bits per heavy atom. The maximum atomic E-state index is 9.55. The molecule has 1 saturated heterocycles. The van der Waals surface area contributed by atoms with E-state index in [9.17, 15) is 9.59 Å². The minimum atomic E-state index is -1.26. The van der Waals surface area contributed by atoms with Crippen molar-refractivity contribution in [3.8, 4) is 0 Å². The number of rotatable bonds is 7. The Kier molecular flexibility index (Phi) is 10.2. The van der Waals surface area contributed by atoms with Gasteiger partial charge >= 0.3 is 11.9 Å². The number of piperidine rings is 1. The van der Waals surface area contributed by atoms with E-state index in [0.29, 0.717) is 12.2 Å². The highest BCUT2D eigenvalue weighted by Gasteiger charge is 2.08. The topological polar surface area (TPSA) is 77.8 Å². The predicted molar refractivity (Wildman–Crippen MR) is 94.1 cm³/mol. The molecule has 1 aromatic rings. The van der Waals surface area contributed by atoms with Crippen LogP contribution in [0.3, 0.4) is 0 Å². The van der Waals surface area contributed by atoms with Crippen molar-refractivity contribution >= 4 is 11.9 Å². The summed E-state index contributed by atoms with van der Waals surface area (Å²) in [4.78, 5) is 21.7. The third kappa shape index (κ3) is 10.6. The van der Waals surface area contributed by atoms with Gasteiger partial charge in [0.2, 0.25) is 0 Å². The van der Waals surface area contributed by atoms with Crippen LogP contribution in [0.1, 0.15) is 37.7 Å². The molecule has 0 aliphatic carbocycles. The number of carboxylic acids is 2. The summed E-state index contributed by atoms with van der Waals surface area (Å²) in [6.45, 7) is 3.99. The van der Waals surface area contributed by atoms with Crippen molar-refractivity contribution in [2.24, 2.45) is 0 Å². The summed E-state index contributed by atoms with van der Waals surface area (Å²) < 4.78 is 0. The first-order chi connectivity index (χ1) is 11.6. The van der Waals surface area contributed by atoms with E-state index < -0.39 is 11.9 Å². The highest BCUT2D eigenvalue weighted by Crippen LogP contribution is 2.10. The quantitative estimate of drug-likeness (QED) is 0.592. The van der Waals surface area contributed by atoms with Crippen LogP contribution < -0.4 is 0 Å². The molecule has 0 bridgehead atoms. The van der Waals surface area contributed by atoms with Gasteiger partial charge in [0.15, 0.2) is 0 Å². The van der Waals surface area contributed by atoms with Crippen molar-refractivity contribution in [3.05, 3.63) is 48.0 Å². The lowest BCUT2D eigenvalue weighted by atomic mass is 10.1. The molecule has 5 heteroatoms. The van der Waals surface area contributed by atoms with Crippen molar-refractivity contribution in [1.82, 2.24) is 4.90 Å². The monoisotopic (exact) mass is 333 g/mol. The Bertz CT molecular complexity index is 491. The molecular formula is C19H27NO4. The number of nitrogens with zero attached hydrogens (tertiary/aromatic N) is 1. The van der Waals surface area contributed by atoms with E-state index in [2.05, 4.69) is 35.2 Å². The second kappa shape index (κ2) is 12.3. The summed E-state index contributed by atoms with van der Waals surface area (Å²) in [5.74, 6) is -2.51. The number of carboxylic acid groups (broad SMARTS) is 2. The Labute approximate surface area is 143 Å². The van der Waals surface area contributed by atoms with Crippen LogP contribution in [0.25, 0.3) is 0 Å². The summed E-state index contributed by atoms with van der Waals surface area (Å²) in [6, 6.07) is 10.8. The molecule has 1 aliphatic rings. The first kappa shape index (κ1) is 19.9. The molecule has 0 radical (unpaired) electrons. The number of hydrogen-bond donors (Lipinski definition) is 2. The molecule has 24 heavy (non-hydrogen) atoms. The molecule has 2 rings (SSSR count). The molecule has 0 spiro atoms. The first-order valence-corrected chi connectivity index (χ1v) is 8.48. The molecule has 1 fully saturated rings. The number of unbranched alkanes of at least 4 members (excludes halogenated alkanes) is 1. The van der Waals surface area contributed by atoms with Crippen LogP contribution in [0.4, 0.5) is 0 Å². The van der Waals surface area contributed by atoms with Crippen LogP contribution >= 0.6 is 0 Å². The smallest absolute Gasteiger partial charge is 0.328 e. The molecule has 2 N–H and O–H groups in total. The number of likely N-dealkylation sites (tertiary alicyclic amines) is 1. The maximum Gasteiger partial charge on any atom is 0.328 e. The molecule has 1 aromatic carbocycles. The lowest BCUT2D eigenvalue weighted by Crippen LogP contribution is -2.30. The minimum absolute atomic E-state index is 0.558. The zero-order valence-electron chi connectivity index (χ0n) is 14.1. The molecule has 1 heterocycles. The summed E-state index contributed by atoms with van der Waals surface area (Å²) >= 11 is 0. The minimum Gasteiger partial charge on any atom is -0.478 e. The van der Waals surface area contributed by atoms with Gasteiger partial charge in [0.05, 0.1) is 0 Å². The Balaban J connectivity index is 0.000000307. The molecule has 1 aliphatic heterocycles. The molecule has 0 unspecified atom stereocenters. The van der Waals surface area contributed by atoms with Crippen molar-refractivity contribution in [2.75, 3.05) is 19.6 Å². The highest BCUT2D eigenvalue weighted by atomic mass is 16.4. The zero-order valence-corrected chi connectivity index (χ0v) is 14.1. The van der Waals surface area contributed by atoms with Gasteiger partial charge < -0.3 is 15.1 Å². The van der Waals surface area contributed by atoms with Crippen LogP contribution in [0, 0.1) is 0 Å². The molecule has 0 saturated carbocycles. The molecule has 132 valence electrons. The average Bonchev–Trinajstić information content (AvgIpc) is 2.59. The Hall–Kier alpha value is -2.14. The summed E-state index contributed by atoms with van der Waals surface area (Å²) in [5.41, 5.74) is 1.49. The van der Waals surface area contributed by atoms with Crippen molar-refractivity contribution < 1.29 is 19.8 Å². The first-order valence-electron chi connectivity index (χ1n) is 8.48. The van der Waals surface area contributed by atoms with E-state index in [4.69, 9.17) is 10.2 Å². The van der Waals surface area contributed by atoms with Gasteiger partial charge in [0.1, 0.15) is 0 Å². The Morgan fingerprint density at radius 2 is 1.50 bits per heavy atom. The number of carbonyl (C=O) groups is 2. The molecule has 0 atom stereocenters. The van der Waals surface area contributed by atoms with E-state index >= 15 is 0 Å². The summed E-state index contributed by atoms with van der Waals surface area (Å²) in [6.07, 6.45) is 9.33. The van der Waals surface area contributed by atoms with Crippen LogP contribution in [0.2, 0.25) is 0 Å². The number of aliphatic carboxylic acids is 2. The summed E-state index contributed by atoms with van der Waals surface area (Å²) in [5, 5.41) is 15.6. The normalized spacial score (nSPS) is 14.8. The van der Waals surface area contributed by atoms with E-state index in [1.165, 1.54) is 63.7 Å². The number of hydrogen-bond acceptors (Lipinski definition) is 3. The van der Waals surface area contributed by atoms with Crippen molar-refractivity contribution in [2.45, 2.75) is 38.5 Å². The van der Waals surface area contributed by atoms with Crippen LogP contribution in [-0.4, -0.2) is 46.7 Å². The van der Waals surface area contributed by atoms with Crippen LogP contribution in [0.5, 0.6) is 0 Å². The van der Waals surface area contributed by atoms with Gasteiger partial charge in [0, 0.05) is 12.2 Å².